The minimum Gasteiger partial charge on any atom is -0.315 e. The van der Waals surface area contributed by atoms with Gasteiger partial charge in [-0.3, -0.25) is 0 Å². The lowest BCUT2D eigenvalue weighted by Crippen LogP contribution is -2.36. The molecule has 76 valence electrons. The highest BCUT2D eigenvalue weighted by Crippen LogP contribution is 2.37. The van der Waals surface area contributed by atoms with E-state index in [9.17, 15) is 0 Å². The number of benzene rings is 1. The summed E-state index contributed by atoms with van der Waals surface area (Å²) in [5.74, 6) is 0.576. The van der Waals surface area contributed by atoms with Crippen LogP contribution in [0, 0.1) is 0 Å². The monoisotopic (exact) mass is 201 g/mol. The average Bonchev–Trinajstić information content (AvgIpc) is 2.88. The molecule has 1 aliphatic carbocycles. The fraction of sp³-hybridized carbons (Fsp3) is 0.300. The molecule has 0 aliphatic heterocycles. The van der Waals surface area contributed by atoms with Crippen molar-refractivity contribution in [2.45, 2.75) is 18.4 Å². The van der Waals surface area contributed by atoms with E-state index in [0.717, 1.165) is 18.4 Å². The van der Waals surface area contributed by atoms with Gasteiger partial charge in [-0.2, -0.15) is 5.21 Å². The minimum absolute atomic E-state index is 0.566. The van der Waals surface area contributed by atoms with E-state index >= 15 is 0 Å². The van der Waals surface area contributed by atoms with Gasteiger partial charge in [-0.05, 0) is 24.0 Å². The maximum atomic E-state index is 6.35. The summed E-state index contributed by atoms with van der Waals surface area (Å²) in [6.45, 7) is 0. The molecule has 3 N–H and O–H groups in total. The van der Waals surface area contributed by atoms with Gasteiger partial charge in [0.15, 0.2) is 5.82 Å². The van der Waals surface area contributed by atoms with Crippen LogP contribution >= 0.6 is 0 Å². The van der Waals surface area contributed by atoms with Gasteiger partial charge in [0.25, 0.3) is 0 Å². The summed E-state index contributed by atoms with van der Waals surface area (Å²) < 4.78 is 0. The zero-order chi connectivity index (χ0) is 10.3. The molecule has 0 saturated carbocycles. The summed E-state index contributed by atoms with van der Waals surface area (Å²) in [7, 11) is 0. The zero-order valence-electron chi connectivity index (χ0n) is 8.14. The molecule has 1 aliphatic rings. The lowest BCUT2D eigenvalue weighted by Gasteiger charge is -2.20. The predicted octanol–water partition coefficient (Wildman–Crippen LogP) is 0.348. The van der Waals surface area contributed by atoms with Crippen molar-refractivity contribution in [2.75, 3.05) is 0 Å². The largest absolute Gasteiger partial charge is 0.315 e. The van der Waals surface area contributed by atoms with Gasteiger partial charge < -0.3 is 5.73 Å². The molecular formula is C10H11N5. The highest BCUT2D eigenvalue weighted by molar-refractivity contribution is 5.42. The van der Waals surface area contributed by atoms with Gasteiger partial charge in [-0.15, -0.1) is 10.2 Å². The highest BCUT2D eigenvalue weighted by atomic mass is 15.5. The molecule has 0 radical (unpaired) electrons. The second kappa shape index (κ2) is 2.87. The number of rotatable bonds is 1. The van der Waals surface area contributed by atoms with Gasteiger partial charge in [-0.25, -0.2) is 0 Å². The summed E-state index contributed by atoms with van der Waals surface area (Å²) in [6.07, 6.45) is 1.81. The van der Waals surface area contributed by atoms with Crippen LogP contribution in [0.3, 0.4) is 0 Å². The highest BCUT2D eigenvalue weighted by Gasteiger charge is 2.39. The van der Waals surface area contributed by atoms with Crippen molar-refractivity contribution in [1.29, 1.82) is 0 Å². The van der Waals surface area contributed by atoms with Crippen LogP contribution in [0.15, 0.2) is 24.3 Å². The second-order valence-corrected chi connectivity index (χ2v) is 3.86. The number of nitrogens with two attached hydrogens (primary N) is 1. The quantitative estimate of drug-likeness (QED) is 0.697. The van der Waals surface area contributed by atoms with E-state index in [-0.39, 0.29) is 0 Å². The number of aromatic amines is 1. The summed E-state index contributed by atoms with van der Waals surface area (Å²) in [6, 6.07) is 8.16. The molecule has 0 fully saturated rings. The first-order chi connectivity index (χ1) is 7.31. The van der Waals surface area contributed by atoms with E-state index in [1.54, 1.807) is 0 Å². The third kappa shape index (κ3) is 1.10. The smallest absolute Gasteiger partial charge is 0.198 e. The maximum Gasteiger partial charge on any atom is 0.198 e. The molecule has 1 aromatic carbocycles. The Hall–Kier alpha value is -1.75. The molecule has 3 rings (SSSR count). The first kappa shape index (κ1) is 8.55. The fourth-order valence-electron chi connectivity index (χ4n) is 2.22. The molecule has 5 heteroatoms. The second-order valence-electron chi connectivity index (χ2n) is 3.86. The molecule has 5 nitrogen and oxygen atoms in total. The van der Waals surface area contributed by atoms with Gasteiger partial charge in [0.1, 0.15) is 5.54 Å². The number of nitrogens with one attached hydrogen (secondary N) is 1. The summed E-state index contributed by atoms with van der Waals surface area (Å²) in [4.78, 5) is 0. The van der Waals surface area contributed by atoms with Gasteiger partial charge in [0.2, 0.25) is 0 Å². The van der Waals surface area contributed by atoms with E-state index in [4.69, 9.17) is 5.73 Å². The molecule has 1 aromatic heterocycles. The molecule has 15 heavy (non-hydrogen) atoms. The number of aromatic nitrogens is 4. The Morgan fingerprint density at radius 3 is 3.00 bits per heavy atom. The maximum absolute atomic E-state index is 6.35. The molecule has 0 amide bonds. The summed E-state index contributed by atoms with van der Waals surface area (Å²) in [5, 5.41) is 14.0. The van der Waals surface area contributed by atoms with Gasteiger partial charge in [-0.1, -0.05) is 29.5 Å². The Labute approximate surface area is 86.7 Å². The van der Waals surface area contributed by atoms with Gasteiger partial charge in [0, 0.05) is 0 Å². The number of tetrazole rings is 1. The minimum atomic E-state index is -0.566. The van der Waals surface area contributed by atoms with E-state index < -0.39 is 5.54 Å². The van der Waals surface area contributed by atoms with Crippen LogP contribution in [0.4, 0.5) is 0 Å². The third-order valence-corrected chi connectivity index (χ3v) is 3.03. The summed E-state index contributed by atoms with van der Waals surface area (Å²) in [5.41, 5.74) is 8.18. The Morgan fingerprint density at radius 2 is 2.20 bits per heavy atom. The first-order valence-electron chi connectivity index (χ1n) is 4.92. The SMILES string of the molecule is NC1(c2nn[nH]n2)CCc2ccccc21. The van der Waals surface area contributed by atoms with E-state index in [0.29, 0.717) is 5.82 Å². The van der Waals surface area contributed by atoms with Crippen LogP contribution in [0.5, 0.6) is 0 Å². The van der Waals surface area contributed by atoms with Crippen molar-refractivity contribution in [3.8, 4) is 0 Å². The molecule has 1 atom stereocenters. The first-order valence-corrected chi connectivity index (χ1v) is 4.92. The van der Waals surface area contributed by atoms with E-state index in [2.05, 4.69) is 26.7 Å². The topological polar surface area (TPSA) is 80.5 Å². The molecule has 2 aromatic rings. The Bertz CT molecular complexity index is 478. The number of hydrogen-bond acceptors (Lipinski definition) is 4. The molecule has 0 spiro atoms. The molecule has 1 unspecified atom stereocenters. The number of nitrogens with zero attached hydrogens (tertiary/aromatic N) is 3. The van der Waals surface area contributed by atoms with Crippen molar-refractivity contribution in [1.82, 2.24) is 20.6 Å². The van der Waals surface area contributed by atoms with Gasteiger partial charge >= 0.3 is 0 Å². The van der Waals surface area contributed by atoms with Crippen LogP contribution < -0.4 is 5.73 Å². The number of H-pyrrole nitrogens is 1. The van der Waals surface area contributed by atoms with Crippen LogP contribution in [-0.2, 0) is 12.0 Å². The number of hydrogen-bond donors (Lipinski definition) is 2. The molecule has 1 heterocycles. The Balaban J connectivity index is 2.17. The van der Waals surface area contributed by atoms with Crippen molar-refractivity contribution in [2.24, 2.45) is 5.73 Å². The Morgan fingerprint density at radius 1 is 1.33 bits per heavy atom. The predicted molar refractivity (Wildman–Crippen MR) is 53.9 cm³/mol. The fourth-order valence-corrected chi connectivity index (χ4v) is 2.22. The van der Waals surface area contributed by atoms with Crippen LogP contribution in [0.1, 0.15) is 23.4 Å². The molecule has 0 bridgehead atoms. The Kier molecular flexibility index (Phi) is 1.63. The van der Waals surface area contributed by atoms with Crippen molar-refractivity contribution in [3.63, 3.8) is 0 Å². The lowest BCUT2D eigenvalue weighted by atomic mass is 9.92. The third-order valence-electron chi connectivity index (χ3n) is 3.03. The summed E-state index contributed by atoms with van der Waals surface area (Å²) >= 11 is 0. The zero-order valence-corrected chi connectivity index (χ0v) is 8.14. The van der Waals surface area contributed by atoms with Crippen LogP contribution in [0.25, 0.3) is 0 Å². The van der Waals surface area contributed by atoms with Crippen molar-refractivity contribution in [3.05, 3.63) is 41.2 Å². The van der Waals surface area contributed by atoms with Gasteiger partial charge in [0.05, 0.1) is 0 Å². The number of aryl methyl sites for hydroxylation is 1. The average molecular weight is 201 g/mol. The van der Waals surface area contributed by atoms with Crippen molar-refractivity contribution < 1.29 is 0 Å². The van der Waals surface area contributed by atoms with Crippen LogP contribution in [-0.4, -0.2) is 20.6 Å². The number of fused-ring (bicyclic) bond motifs is 1. The molecular weight excluding hydrogens is 190 g/mol. The van der Waals surface area contributed by atoms with E-state index in [1.165, 1.54) is 5.56 Å². The lowest BCUT2D eigenvalue weighted by molar-refractivity contribution is 0.500. The van der Waals surface area contributed by atoms with Crippen LogP contribution in [0.2, 0.25) is 0 Å². The molecule has 0 saturated heterocycles. The normalized spacial score (nSPS) is 24.1. The van der Waals surface area contributed by atoms with Crippen molar-refractivity contribution >= 4 is 0 Å². The van der Waals surface area contributed by atoms with E-state index in [1.807, 2.05) is 18.2 Å². The standard InChI is InChI=1S/C10H11N5/c11-10(9-12-14-15-13-9)6-5-7-3-1-2-4-8(7)10/h1-4H,5-6,11H2,(H,12,13,14,15).